The van der Waals surface area contributed by atoms with E-state index in [1.807, 2.05) is 30.3 Å². The first-order valence-corrected chi connectivity index (χ1v) is 6.74. The van der Waals surface area contributed by atoms with Crippen molar-refractivity contribution in [2.45, 2.75) is 12.8 Å². The molecule has 1 aliphatic heterocycles. The molecule has 100 valence electrons. The summed E-state index contributed by atoms with van der Waals surface area (Å²) in [6.07, 6.45) is 1.23. The molecule has 0 saturated heterocycles. The molecule has 0 bridgehead atoms. The molecule has 0 atom stereocenters. The Bertz CT molecular complexity index is 662. The van der Waals surface area contributed by atoms with Crippen LogP contribution in [0.5, 0.6) is 0 Å². The van der Waals surface area contributed by atoms with Crippen LogP contribution in [0.1, 0.15) is 18.4 Å². The topological polar surface area (TPSA) is 32.7 Å². The van der Waals surface area contributed by atoms with Gasteiger partial charge < -0.3 is 0 Å². The monoisotopic (exact) mass is 264 g/mol. The maximum atomic E-state index is 11.5. The maximum absolute atomic E-state index is 11.5. The molecule has 0 saturated carbocycles. The van der Waals surface area contributed by atoms with Gasteiger partial charge in [0.05, 0.1) is 5.71 Å². The number of amides is 1. The van der Waals surface area contributed by atoms with Gasteiger partial charge in [0, 0.05) is 25.5 Å². The van der Waals surface area contributed by atoms with Gasteiger partial charge in [0.1, 0.15) is 0 Å². The van der Waals surface area contributed by atoms with Gasteiger partial charge in [-0.2, -0.15) is 5.10 Å². The number of rotatable bonds is 2. The average Bonchev–Trinajstić information content (AvgIpc) is 2.51. The van der Waals surface area contributed by atoms with Gasteiger partial charge in [0.2, 0.25) is 5.91 Å². The lowest BCUT2D eigenvalue weighted by Crippen LogP contribution is -2.28. The van der Waals surface area contributed by atoms with Gasteiger partial charge in [-0.25, -0.2) is 5.01 Å². The van der Waals surface area contributed by atoms with Crippen molar-refractivity contribution < 1.29 is 4.79 Å². The molecule has 0 radical (unpaired) electrons. The van der Waals surface area contributed by atoms with Gasteiger partial charge in [-0.05, 0) is 11.1 Å². The summed E-state index contributed by atoms with van der Waals surface area (Å²) in [5.74, 6) is 0.0749. The number of nitrogens with zero attached hydrogens (tertiary/aromatic N) is 2. The molecule has 1 amide bonds. The molecule has 0 unspecified atom stereocenters. The Labute approximate surface area is 118 Å². The molecule has 3 heteroatoms. The summed E-state index contributed by atoms with van der Waals surface area (Å²) in [6.45, 7) is 0. The van der Waals surface area contributed by atoms with E-state index in [0.29, 0.717) is 12.8 Å². The quantitative estimate of drug-likeness (QED) is 0.819. The van der Waals surface area contributed by atoms with Crippen molar-refractivity contribution in [3.05, 3.63) is 60.2 Å². The summed E-state index contributed by atoms with van der Waals surface area (Å²) < 4.78 is 0. The first kappa shape index (κ1) is 12.6. The molecule has 0 N–H and O–H groups in total. The van der Waals surface area contributed by atoms with Crippen molar-refractivity contribution in [2.75, 3.05) is 7.05 Å². The van der Waals surface area contributed by atoms with E-state index >= 15 is 0 Å². The van der Waals surface area contributed by atoms with Crippen molar-refractivity contribution >= 4 is 11.6 Å². The van der Waals surface area contributed by atoms with Gasteiger partial charge in [-0.3, -0.25) is 4.79 Å². The van der Waals surface area contributed by atoms with E-state index in [4.69, 9.17) is 0 Å². The standard InChI is InChI=1S/C17H16N2O/c1-19-17(20)12-11-16(18-19)15-10-6-5-9-14(15)13-7-3-2-4-8-13/h2-10H,11-12H2,1H3. The lowest BCUT2D eigenvalue weighted by Gasteiger charge is -2.21. The number of benzene rings is 2. The molecule has 0 aliphatic carbocycles. The van der Waals surface area contributed by atoms with Crippen molar-refractivity contribution in [1.29, 1.82) is 0 Å². The van der Waals surface area contributed by atoms with Gasteiger partial charge in [-0.15, -0.1) is 0 Å². The fourth-order valence-electron chi connectivity index (χ4n) is 2.47. The SMILES string of the molecule is CN1N=C(c2ccccc2-c2ccccc2)CCC1=O. The fourth-order valence-corrected chi connectivity index (χ4v) is 2.47. The highest BCUT2D eigenvalue weighted by atomic mass is 16.2. The fraction of sp³-hybridized carbons (Fsp3) is 0.176. The summed E-state index contributed by atoms with van der Waals surface area (Å²) in [5, 5.41) is 5.87. The third-order valence-corrected chi connectivity index (χ3v) is 3.53. The van der Waals surface area contributed by atoms with E-state index in [0.717, 1.165) is 16.8 Å². The summed E-state index contributed by atoms with van der Waals surface area (Å²) in [4.78, 5) is 11.5. The van der Waals surface area contributed by atoms with Gasteiger partial charge in [-0.1, -0.05) is 54.6 Å². The molecule has 3 rings (SSSR count). The molecule has 20 heavy (non-hydrogen) atoms. The van der Waals surface area contributed by atoms with Crippen LogP contribution in [0.25, 0.3) is 11.1 Å². The molecule has 0 aromatic heterocycles. The Balaban J connectivity index is 2.07. The summed E-state index contributed by atoms with van der Waals surface area (Å²) >= 11 is 0. The summed E-state index contributed by atoms with van der Waals surface area (Å²) in [7, 11) is 1.71. The molecule has 3 nitrogen and oxygen atoms in total. The Morgan fingerprint density at radius 3 is 2.25 bits per heavy atom. The predicted octanol–water partition coefficient (Wildman–Crippen LogP) is 3.31. The van der Waals surface area contributed by atoms with E-state index in [2.05, 4.69) is 29.4 Å². The lowest BCUT2D eigenvalue weighted by atomic mass is 9.94. The molecular formula is C17H16N2O. The molecule has 2 aromatic carbocycles. The van der Waals surface area contributed by atoms with Gasteiger partial charge in [0.25, 0.3) is 0 Å². The molecule has 2 aromatic rings. The average molecular weight is 264 g/mol. The normalized spacial score (nSPS) is 15.2. The summed E-state index contributed by atoms with van der Waals surface area (Å²) in [5.41, 5.74) is 4.42. The van der Waals surface area contributed by atoms with Crippen LogP contribution in [-0.2, 0) is 4.79 Å². The third kappa shape index (κ3) is 2.35. The van der Waals surface area contributed by atoms with E-state index in [1.165, 1.54) is 10.6 Å². The van der Waals surface area contributed by atoms with Crippen LogP contribution in [0.2, 0.25) is 0 Å². The number of carbonyl (C=O) groups is 1. The van der Waals surface area contributed by atoms with Crippen LogP contribution in [0.15, 0.2) is 59.7 Å². The van der Waals surface area contributed by atoms with Crippen LogP contribution in [0, 0.1) is 0 Å². The number of hydrogen-bond acceptors (Lipinski definition) is 2. The van der Waals surface area contributed by atoms with Crippen LogP contribution in [-0.4, -0.2) is 23.7 Å². The van der Waals surface area contributed by atoms with E-state index in [1.54, 1.807) is 7.05 Å². The van der Waals surface area contributed by atoms with Gasteiger partial charge >= 0.3 is 0 Å². The second kappa shape index (κ2) is 5.29. The van der Waals surface area contributed by atoms with Crippen LogP contribution < -0.4 is 0 Å². The van der Waals surface area contributed by atoms with Crippen LogP contribution in [0.4, 0.5) is 0 Å². The smallest absolute Gasteiger partial charge is 0.242 e. The highest BCUT2D eigenvalue weighted by molar-refractivity contribution is 6.08. The predicted molar refractivity (Wildman–Crippen MR) is 80.4 cm³/mol. The third-order valence-electron chi connectivity index (χ3n) is 3.53. The number of hydrogen-bond donors (Lipinski definition) is 0. The zero-order valence-electron chi connectivity index (χ0n) is 11.4. The van der Waals surface area contributed by atoms with Crippen LogP contribution in [0.3, 0.4) is 0 Å². The second-order valence-electron chi connectivity index (χ2n) is 4.88. The Hall–Kier alpha value is -2.42. The van der Waals surface area contributed by atoms with E-state index < -0.39 is 0 Å². The first-order chi connectivity index (χ1) is 9.75. The minimum Gasteiger partial charge on any atom is -0.273 e. The molecule has 0 spiro atoms. The Kier molecular flexibility index (Phi) is 3.33. The van der Waals surface area contributed by atoms with Crippen molar-refractivity contribution in [2.24, 2.45) is 5.10 Å². The first-order valence-electron chi connectivity index (χ1n) is 6.74. The van der Waals surface area contributed by atoms with Crippen molar-refractivity contribution in [3.63, 3.8) is 0 Å². The van der Waals surface area contributed by atoms with Crippen molar-refractivity contribution in [1.82, 2.24) is 5.01 Å². The Morgan fingerprint density at radius 2 is 1.55 bits per heavy atom. The van der Waals surface area contributed by atoms with E-state index in [-0.39, 0.29) is 5.91 Å². The molecule has 1 aliphatic rings. The highest BCUT2D eigenvalue weighted by Crippen LogP contribution is 2.26. The van der Waals surface area contributed by atoms with Gasteiger partial charge in [0.15, 0.2) is 0 Å². The van der Waals surface area contributed by atoms with Crippen LogP contribution >= 0.6 is 0 Å². The highest BCUT2D eigenvalue weighted by Gasteiger charge is 2.19. The zero-order chi connectivity index (χ0) is 13.9. The number of hydrazone groups is 1. The Morgan fingerprint density at radius 1 is 0.900 bits per heavy atom. The second-order valence-corrected chi connectivity index (χ2v) is 4.88. The molecule has 1 heterocycles. The van der Waals surface area contributed by atoms with Crippen molar-refractivity contribution in [3.8, 4) is 11.1 Å². The number of carbonyl (C=O) groups excluding carboxylic acids is 1. The van der Waals surface area contributed by atoms with E-state index in [9.17, 15) is 4.79 Å². The minimum atomic E-state index is 0.0749. The minimum absolute atomic E-state index is 0.0749. The molecule has 0 fully saturated rings. The maximum Gasteiger partial charge on any atom is 0.242 e. The zero-order valence-corrected chi connectivity index (χ0v) is 11.4. The lowest BCUT2D eigenvalue weighted by molar-refractivity contribution is -0.130. The summed E-state index contributed by atoms with van der Waals surface area (Å²) in [6, 6.07) is 18.5. The molecular weight excluding hydrogens is 248 g/mol. The largest absolute Gasteiger partial charge is 0.273 e.